The Balaban J connectivity index is 2.14. The third kappa shape index (κ3) is 2.04. The van der Waals surface area contributed by atoms with Crippen molar-refractivity contribution in [2.45, 2.75) is 55.3 Å². The molecule has 88 valence electrons. The maximum Gasteiger partial charge on any atom is 0.238 e. The Labute approximate surface area is 95.6 Å². The van der Waals surface area contributed by atoms with E-state index in [0.717, 1.165) is 25.7 Å². The highest BCUT2D eigenvalue weighted by Crippen LogP contribution is 2.54. The minimum atomic E-state index is -3.43. The van der Waals surface area contributed by atoms with Gasteiger partial charge in [-0.2, -0.15) is 0 Å². The van der Waals surface area contributed by atoms with Crippen LogP contribution in [0.1, 0.15) is 44.9 Å². The van der Waals surface area contributed by atoms with Gasteiger partial charge in [-0.05, 0) is 32.1 Å². The summed E-state index contributed by atoms with van der Waals surface area (Å²) in [5, 5.41) is 0. The van der Waals surface area contributed by atoms with Crippen LogP contribution in [-0.2, 0) is 13.8 Å². The fraction of sp³-hybridized carbons (Fsp3) is 1.00. The van der Waals surface area contributed by atoms with Gasteiger partial charge in [-0.3, -0.25) is 0 Å². The van der Waals surface area contributed by atoms with Gasteiger partial charge in [0.15, 0.2) is 0 Å². The molecule has 0 heterocycles. The highest BCUT2D eigenvalue weighted by atomic mass is 35.7. The molecular weight excluding hydrogens is 236 g/mol. The van der Waals surface area contributed by atoms with Crippen molar-refractivity contribution in [2.75, 3.05) is 7.11 Å². The molecule has 5 heteroatoms. The molecule has 2 rings (SSSR count). The van der Waals surface area contributed by atoms with Crippen molar-refractivity contribution in [3.05, 3.63) is 0 Å². The van der Waals surface area contributed by atoms with Crippen molar-refractivity contribution in [1.82, 2.24) is 0 Å². The summed E-state index contributed by atoms with van der Waals surface area (Å²) >= 11 is 0. The average molecular weight is 253 g/mol. The van der Waals surface area contributed by atoms with E-state index >= 15 is 0 Å². The molecule has 2 saturated carbocycles. The van der Waals surface area contributed by atoms with Crippen molar-refractivity contribution in [2.24, 2.45) is 0 Å². The Hall–Kier alpha value is 0.200. The van der Waals surface area contributed by atoms with E-state index in [0.29, 0.717) is 19.3 Å². The summed E-state index contributed by atoms with van der Waals surface area (Å²) in [4.78, 5) is 0. The molecule has 0 aromatic heterocycles. The van der Waals surface area contributed by atoms with Crippen molar-refractivity contribution in [3.63, 3.8) is 0 Å². The van der Waals surface area contributed by atoms with E-state index in [1.54, 1.807) is 7.11 Å². The van der Waals surface area contributed by atoms with Gasteiger partial charge in [0.25, 0.3) is 0 Å². The van der Waals surface area contributed by atoms with Crippen molar-refractivity contribution in [1.29, 1.82) is 0 Å². The third-order valence-corrected chi connectivity index (χ3v) is 6.49. The lowest BCUT2D eigenvalue weighted by Crippen LogP contribution is -2.36. The molecule has 0 spiro atoms. The minimum absolute atomic E-state index is 0.224. The molecule has 0 bridgehead atoms. The molecule has 0 radical (unpaired) electrons. The minimum Gasteiger partial charge on any atom is -0.378 e. The number of halogens is 1. The molecule has 0 unspecified atom stereocenters. The first kappa shape index (κ1) is 11.7. The van der Waals surface area contributed by atoms with E-state index in [9.17, 15) is 8.42 Å². The van der Waals surface area contributed by atoms with Crippen LogP contribution in [0.4, 0.5) is 0 Å². The maximum absolute atomic E-state index is 11.5. The lowest BCUT2D eigenvalue weighted by Gasteiger charge is -2.30. The summed E-state index contributed by atoms with van der Waals surface area (Å²) in [7, 11) is 3.75. The summed E-state index contributed by atoms with van der Waals surface area (Å²) in [5.74, 6) is 0. The zero-order valence-corrected chi connectivity index (χ0v) is 10.5. The number of methoxy groups -OCH3 is 1. The van der Waals surface area contributed by atoms with Crippen molar-refractivity contribution >= 4 is 19.7 Å². The van der Waals surface area contributed by atoms with Crippen LogP contribution in [0.25, 0.3) is 0 Å². The molecule has 0 N–H and O–H groups in total. The van der Waals surface area contributed by atoms with Crippen LogP contribution in [0.5, 0.6) is 0 Å². The molecule has 0 aliphatic heterocycles. The SMILES string of the molecule is COC1(CC2(S(=O)(=O)Cl)CC2)CCCC1. The second kappa shape index (κ2) is 3.60. The quantitative estimate of drug-likeness (QED) is 0.722. The van der Waals surface area contributed by atoms with Crippen LogP contribution in [0.15, 0.2) is 0 Å². The normalized spacial score (nSPS) is 27.9. The summed E-state index contributed by atoms with van der Waals surface area (Å²) in [6.07, 6.45) is 6.18. The van der Waals surface area contributed by atoms with Crippen LogP contribution < -0.4 is 0 Å². The van der Waals surface area contributed by atoms with Crippen LogP contribution in [0, 0.1) is 0 Å². The Bertz CT molecular complexity index is 340. The molecule has 3 nitrogen and oxygen atoms in total. The van der Waals surface area contributed by atoms with Crippen LogP contribution in [0.2, 0.25) is 0 Å². The van der Waals surface area contributed by atoms with Crippen LogP contribution >= 0.6 is 10.7 Å². The lowest BCUT2D eigenvalue weighted by atomic mass is 9.94. The molecule has 2 aliphatic carbocycles. The average Bonchev–Trinajstić information content (AvgIpc) is 2.77. The zero-order valence-electron chi connectivity index (χ0n) is 8.96. The monoisotopic (exact) mass is 252 g/mol. The fourth-order valence-electron chi connectivity index (χ4n) is 2.71. The summed E-state index contributed by atoms with van der Waals surface area (Å²) < 4.78 is 27.8. The predicted molar refractivity (Wildman–Crippen MR) is 59.6 cm³/mol. The van der Waals surface area contributed by atoms with Crippen molar-refractivity contribution in [3.8, 4) is 0 Å². The van der Waals surface area contributed by atoms with E-state index in [1.807, 2.05) is 0 Å². The Morgan fingerprint density at radius 3 is 2.07 bits per heavy atom. The van der Waals surface area contributed by atoms with E-state index in [4.69, 9.17) is 15.4 Å². The fourth-order valence-corrected chi connectivity index (χ4v) is 4.36. The topological polar surface area (TPSA) is 43.4 Å². The lowest BCUT2D eigenvalue weighted by molar-refractivity contribution is -0.0134. The van der Waals surface area contributed by atoms with E-state index < -0.39 is 13.8 Å². The number of ether oxygens (including phenoxy) is 1. The summed E-state index contributed by atoms with van der Waals surface area (Å²) in [6, 6.07) is 0. The largest absolute Gasteiger partial charge is 0.378 e. The van der Waals surface area contributed by atoms with Gasteiger partial charge in [0.05, 0.1) is 10.3 Å². The van der Waals surface area contributed by atoms with E-state index in [1.165, 1.54) is 0 Å². The molecule has 0 amide bonds. The molecule has 2 fully saturated rings. The van der Waals surface area contributed by atoms with Crippen molar-refractivity contribution < 1.29 is 13.2 Å². The second-order valence-corrected chi connectivity index (χ2v) is 7.85. The van der Waals surface area contributed by atoms with Crippen LogP contribution in [0.3, 0.4) is 0 Å². The number of rotatable bonds is 4. The number of hydrogen-bond acceptors (Lipinski definition) is 3. The standard InChI is InChI=1S/C10H17ClO3S/c1-14-9(4-2-3-5-9)8-10(6-7-10)15(11,12)13/h2-8H2,1H3. The van der Waals surface area contributed by atoms with Gasteiger partial charge in [-0.25, -0.2) is 8.42 Å². The van der Waals surface area contributed by atoms with Crippen LogP contribution in [-0.4, -0.2) is 25.9 Å². The Kier molecular flexibility index (Phi) is 2.81. The first-order chi connectivity index (χ1) is 6.93. The second-order valence-electron chi connectivity index (χ2n) is 4.89. The van der Waals surface area contributed by atoms with E-state index in [-0.39, 0.29) is 5.60 Å². The zero-order chi connectivity index (χ0) is 11.2. The smallest absolute Gasteiger partial charge is 0.238 e. The molecule has 15 heavy (non-hydrogen) atoms. The van der Waals surface area contributed by atoms with Gasteiger partial charge >= 0.3 is 0 Å². The molecular formula is C10H17ClO3S. The first-order valence-electron chi connectivity index (χ1n) is 5.43. The summed E-state index contributed by atoms with van der Waals surface area (Å²) in [5.41, 5.74) is -0.224. The first-order valence-corrected chi connectivity index (χ1v) is 7.73. The van der Waals surface area contributed by atoms with E-state index in [2.05, 4.69) is 0 Å². The van der Waals surface area contributed by atoms with Gasteiger partial charge < -0.3 is 4.74 Å². The Morgan fingerprint density at radius 2 is 1.73 bits per heavy atom. The van der Waals surface area contributed by atoms with Gasteiger partial charge in [-0.15, -0.1) is 0 Å². The highest BCUT2D eigenvalue weighted by Gasteiger charge is 2.58. The third-order valence-electron chi connectivity index (χ3n) is 3.92. The van der Waals surface area contributed by atoms with Gasteiger partial charge in [-0.1, -0.05) is 12.8 Å². The molecule has 0 atom stereocenters. The summed E-state index contributed by atoms with van der Waals surface area (Å²) in [6.45, 7) is 0. The Morgan fingerprint density at radius 1 is 1.20 bits per heavy atom. The molecule has 0 aromatic rings. The molecule has 2 aliphatic rings. The highest BCUT2D eigenvalue weighted by molar-refractivity contribution is 8.15. The van der Waals surface area contributed by atoms with Gasteiger partial charge in [0, 0.05) is 17.8 Å². The number of hydrogen-bond donors (Lipinski definition) is 0. The van der Waals surface area contributed by atoms with Gasteiger partial charge in [0.2, 0.25) is 9.05 Å². The molecule has 0 aromatic carbocycles. The van der Waals surface area contributed by atoms with Gasteiger partial charge in [0.1, 0.15) is 0 Å². The predicted octanol–water partition coefficient (Wildman–Crippen LogP) is 2.44. The molecule has 0 saturated heterocycles. The maximum atomic E-state index is 11.5.